The van der Waals surface area contributed by atoms with E-state index < -0.39 is 0 Å². The number of esters is 1. The summed E-state index contributed by atoms with van der Waals surface area (Å²) in [5.74, 6) is -0.330. The molecule has 2 atom stereocenters. The first-order chi connectivity index (χ1) is 23.3. The van der Waals surface area contributed by atoms with E-state index in [-0.39, 0.29) is 23.8 Å². The zero-order valence-electron chi connectivity index (χ0n) is 28.6. The molecule has 4 rings (SSSR count). The van der Waals surface area contributed by atoms with Crippen molar-refractivity contribution in [3.63, 3.8) is 0 Å². The lowest BCUT2D eigenvalue weighted by molar-refractivity contribution is -0.0703. The van der Waals surface area contributed by atoms with Crippen molar-refractivity contribution in [2.75, 3.05) is 26.4 Å². The highest BCUT2D eigenvalue weighted by Gasteiger charge is 2.19. The van der Waals surface area contributed by atoms with Crippen LogP contribution in [0.3, 0.4) is 0 Å². The minimum Gasteiger partial charge on any atom is -0.462 e. The molecule has 0 aliphatic heterocycles. The molecule has 0 N–H and O–H groups in total. The maximum absolute atomic E-state index is 12.2. The Labute approximate surface area is 286 Å². The van der Waals surface area contributed by atoms with Crippen LogP contribution in [-0.4, -0.2) is 44.1 Å². The first-order valence-electron chi connectivity index (χ1n) is 16.8. The van der Waals surface area contributed by atoms with Gasteiger partial charge in [-0.2, -0.15) is 0 Å². The van der Waals surface area contributed by atoms with Crippen LogP contribution >= 0.6 is 0 Å². The molecule has 0 saturated heterocycles. The van der Waals surface area contributed by atoms with E-state index in [2.05, 4.69) is 81.1 Å². The van der Waals surface area contributed by atoms with Gasteiger partial charge in [-0.25, -0.2) is 4.79 Å². The van der Waals surface area contributed by atoms with Crippen molar-refractivity contribution in [1.82, 2.24) is 0 Å². The fourth-order valence-corrected chi connectivity index (χ4v) is 5.09. The molecule has 0 radical (unpaired) electrons. The van der Waals surface area contributed by atoms with Crippen LogP contribution in [0.4, 0.5) is 0 Å². The molecule has 6 heteroatoms. The molecule has 2 unspecified atom stereocenters. The highest BCUT2D eigenvalue weighted by Crippen LogP contribution is 2.25. The van der Waals surface area contributed by atoms with Gasteiger partial charge in [0.25, 0.3) is 0 Å². The number of ether oxygens (including phenoxy) is 5. The van der Waals surface area contributed by atoms with Gasteiger partial charge in [-0.05, 0) is 67.1 Å². The molecule has 0 saturated carbocycles. The Morgan fingerprint density at radius 2 is 1.38 bits per heavy atom. The lowest BCUT2D eigenvalue weighted by Gasteiger charge is -2.26. The molecular formula is C42H50O6. The van der Waals surface area contributed by atoms with Crippen LogP contribution in [-0.2, 0) is 43.3 Å². The number of hydrogen-bond acceptors (Lipinski definition) is 6. The molecule has 4 aromatic carbocycles. The SMILES string of the molecule is C=Cc1ccc(C(=O)OCCC(C)OCCC(C)(C)OCCOCc2ccc(C(Cc3ccccc3)OCc3ccccc3)cc2)cc1. The molecule has 4 aromatic rings. The monoisotopic (exact) mass is 650 g/mol. The number of benzene rings is 4. The average molecular weight is 651 g/mol. The Hall–Kier alpha value is -4.07. The van der Waals surface area contributed by atoms with E-state index in [0.717, 1.165) is 35.1 Å². The highest BCUT2D eigenvalue weighted by atomic mass is 16.5. The van der Waals surface area contributed by atoms with Crippen LogP contribution < -0.4 is 0 Å². The third-order valence-corrected chi connectivity index (χ3v) is 8.14. The molecule has 0 heterocycles. The molecule has 0 aliphatic carbocycles. The normalized spacial score (nSPS) is 12.7. The summed E-state index contributed by atoms with van der Waals surface area (Å²) in [4.78, 5) is 12.2. The molecule has 0 aliphatic rings. The fraction of sp³-hybridized carbons (Fsp3) is 0.357. The summed E-state index contributed by atoms with van der Waals surface area (Å²) in [6, 6.07) is 36.5. The van der Waals surface area contributed by atoms with Crippen molar-refractivity contribution in [2.24, 2.45) is 0 Å². The van der Waals surface area contributed by atoms with Crippen molar-refractivity contribution < 1.29 is 28.5 Å². The van der Waals surface area contributed by atoms with E-state index in [0.29, 0.717) is 51.6 Å². The predicted octanol–water partition coefficient (Wildman–Crippen LogP) is 9.18. The second-order valence-corrected chi connectivity index (χ2v) is 12.6. The van der Waals surface area contributed by atoms with Crippen LogP contribution in [0.25, 0.3) is 6.08 Å². The Morgan fingerprint density at radius 3 is 2.04 bits per heavy atom. The van der Waals surface area contributed by atoms with Crippen molar-refractivity contribution in [2.45, 2.75) is 71.1 Å². The van der Waals surface area contributed by atoms with Crippen LogP contribution in [0, 0.1) is 0 Å². The van der Waals surface area contributed by atoms with Crippen LogP contribution in [0.2, 0.25) is 0 Å². The van der Waals surface area contributed by atoms with Gasteiger partial charge in [-0.1, -0.05) is 110 Å². The van der Waals surface area contributed by atoms with Crippen LogP contribution in [0.1, 0.15) is 77.9 Å². The predicted molar refractivity (Wildman–Crippen MR) is 192 cm³/mol. The molecule has 0 bridgehead atoms. The third-order valence-electron chi connectivity index (χ3n) is 8.14. The van der Waals surface area contributed by atoms with E-state index >= 15 is 0 Å². The summed E-state index contributed by atoms with van der Waals surface area (Å²) in [5.41, 5.74) is 5.82. The van der Waals surface area contributed by atoms with Gasteiger partial charge in [0, 0.05) is 19.4 Å². The van der Waals surface area contributed by atoms with E-state index in [1.165, 1.54) is 5.56 Å². The van der Waals surface area contributed by atoms with Crippen molar-refractivity contribution in [1.29, 1.82) is 0 Å². The van der Waals surface area contributed by atoms with E-state index in [1.54, 1.807) is 18.2 Å². The second-order valence-electron chi connectivity index (χ2n) is 12.6. The molecule has 0 fully saturated rings. The maximum atomic E-state index is 12.2. The molecule has 6 nitrogen and oxygen atoms in total. The van der Waals surface area contributed by atoms with Gasteiger partial charge in [0.15, 0.2) is 0 Å². The van der Waals surface area contributed by atoms with Crippen molar-refractivity contribution >= 4 is 12.0 Å². The Morgan fingerprint density at radius 1 is 0.729 bits per heavy atom. The summed E-state index contributed by atoms with van der Waals surface area (Å²) in [6.45, 7) is 12.8. The number of rotatable bonds is 21. The van der Waals surface area contributed by atoms with E-state index in [1.807, 2.05) is 43.3 Å². The number of carbonyl (C=O) groups is 1. The molecule has 0 spiro atoms. The quantitative estimate of drug-likeness (QED) is 0.0662. The summed E-state index contributed by atoms with van der Waals surface area (Å²) in [7, 11) is 0. The standard InChI is InChI=1S/C42H50O6/c1-5-34-16-22-39(23-17-34)41(43)46-26-24-33(2)45-27-25-42(3,4)48-29-28-44-31-37-18-20-38(21-19-37)40(30-35-12-8-6-9-13-35)47-32-36-14-10-7-11-15-36/h5-23,33,40H,1,24-32H2,2-4H3. The molecule has 48 heavy (non-hydrogen) atoms. The molecule has 0 aromatic heterocycles. The van der Waals surface area contributed by atoms with Gasteiger partial charge < -0.3 is 23.7 Å². The van der Waals surface area contributed by atoms with E-state index in [4.69, 9.17) is 23.7 Å². The molecule has 254 valence electrons. The van der Waals surface area contributed by atoms with Gasteiger partial charge in [-0.15, -0.1) is 0 Å². The second kappa shape index (κ2) is 19.7. The van der Waals surface area contributed by atoms with Gasteiger partial charge in [0.2, 0.25) is 0 Å². The number of carbonyl (C=O) groups excluding carboxylic acids is 1. The van der Waals surface area contributed by atoms with Crippen LogP contribution in [0.15, 0.2) is 116 Å². The van der Waals surface area contributed by atoms with Crippen molar-refractivity contribution in [3.05, 3.63) is 149 Å². The first-order valence-corrected chi connectivity index (χ1v) is 16.8. The smallest absolute Gasteiger partial charge is 0.338 e. The Bertz CT molecular complexity index is 1480. The first kappa shape index (κ1) is 36.8. The zero-order chi connectivity index (χ0) is 34.0. The van der Waals surface area contributed by atoms with Crippen molar-refractivity contribution in [3.8, 4) is 0 Å². The topological polar surface area (TPSA) is 63.2 Å². The minimum absolute atomic E-state index is 0.0319. The van der Waals surface area contributed by atoms with Crippen LogP contribution in [0.5, 0.6) is 0 Å². The zero-order valence-corrected chi connectivity index (χ0v) is 28.6. The lowest BCUT2D eigenvalue weighted by atomic mass is 10.00. The molecular weight excluding hydrogens is 600 g/mol. The largest absolute Gasteiger partial charge is 0.462 e. The van der Waals surface area contributed by atoms with Gasteiger partial charge in [-0.3, -0.25) is 0 Å². The Kier molecular flexibility index (Phi) is 15.1. The summed E-state index contributed by atoms with van der Waals surface area (Å²) >= 11 is 0. The van der Waals surface area contributed by atoms with Gasteiger partial charge >= 0.3 is 5.97 Å². The molecule has 0 amide bonds. The van der Waals surface area contributed by atoms with E-state index in [9.17, 15) is 4.79 Å². The highest BCUT2D eigenvalue weighted by molar-refractivity contribution is 5.89. The lowest BCUT2D eigenvalue weighted by Crippen LogP contribution is -2.29. The third kappa shape index (κ3) is 13.2. The maximum Gasteiger partial charge on any atom is 0.338 e. The Balaban J connectivity index is 1.11. The summed E-state index contributed by atoms with van der Waals surface area (Å²) < 4.78 is 29.8. The minimum atomic E-state index is -0.345. The average Bonchev–Trinajstić information content (AvgIpc) is 3.11. The van der Waals surface area contributed by atoms with Gasteiger partial charge in [0.05, 0.1) is 56.4 Å². The number of hydrogen-bond donors (Lipinski definition) is 0. The van der Waals surface area contributed by atoms with Gasteiger partial charge in [0.1, 0.15) is 0 Å². The summed E-state index contributed by atoms with van der Waals surface area (Å²) in [6.07, 6.45) is 3.83. The fourth-order valence-electron chi connectivity index (χ4n) is 5.09. The summed E-state index contributed by atoms with van der Waals surface area (Å²) in [5, 5.41) is 0.